The molecule has 3 nitrogen and oxygen atoms in total. The third-order valence-electron chi connectivity index (χ3n) is 2.38. The van der Waals surface area contributed by atoms with Crippen molar-refractivity contribution in [2.24, 2.45) is 5.73 Å². The zero-order chi connectivity index (χ0) is 8.97. The molecule has 0 radical (unpaired) electrons. The molecule has 12 heavy (non-hydrogen) atoms. The summed E-state index contributed by atoms with van der Waals surface area (Å²) >= 11 is 0. The zero-order valence-electron chi connectivity index (χ0n) is 7.75. The van der Waals surface area contributed by atoms with Crippen LogP contribution < -0.4 is 5.73 Å². The lowest BCUT2D eigenvalue weighted by atomic mass is 10.1. The van der Waals surface area contributed by atoms with Crippen molar-refractivity contribution >= 4 is 5.78 Å². The van der Waals surface area contributed by atoms with Crippen LogP contribution in [0.2, 0.25) is 0 Å². The number of hydrogen-bond donors (Lipinski definition) is 1. The van der Waals surface area contributed by atoms with Crippen LogP contribution in [0.5, 0.6) is 0 Å². The lowest BCUT2D eigenvalue weighted by molar-refractivity contribution is -0.120. The molecule has 1 unspecified atom stereocenters. The van der Waals surface area contributed by atoms with E-state index in [1.807, 2.05) is 0 Å². The molecule has 1 fully saturated rings. The third kappa shape index (κ3) is 2.91. The van der Waals surface area contributed by atoms with Gasteiger partial charge in [-0.1, -0.05) is 0 Å². The van der Waals surface area contributed by atoms with E-state index in [2.05, 4.69) is 4.90 Å². The van der Waals surface area contributed by atoms with E-state index in [9.17, 15) is 4.79 Å². The van der Waals surface area contributed by atoms with Crippen molar-refractivity contribution in [2.45, 2.75) is 32.2 Å². The fourth-order valence-corrected chi connectivity index (χ4v) is 1.50. The molecule has 0 aromatic rings. The first-order valence-electron chi connectivity index (χ1n) is 4.71. The topological polar surface area (TPSA) is 46.3 Å². The van der Waals surface area contributed by atoms with Gasteiger partial charge in [0.25, 0.3) is 0 Å². The Labute approximate surface area is 73.9 Å². The monoisotopic (exact) mass is 170 g/mol. The Hall–Kier alpha value is -0.410. The molecule has 0 aliphatic carbocycles. The average Bonchev–Trinajstić information content (AvgIpc) is 2.51. The smallest absolute Gasteiger partial charge is 0.150 e. The average molecular weight is 170 g/mol. The summed E-state index contributed by atoms with van der Waals surface area (Å²) in [5.74, 6) is 0.182. The van der Waals surface area contributed by atoms with Crippen LogP contribution in [-0.2, 0) is 4.79 Å². The molecule has 1 heterocycles. The quantitative estimate of drug-likeness (QED) is 0.664. The first-order valence-corrected chi connectivity index (χ1v) is 4.71. The van der Waals surface area contributed by atoms with E-state index in [4.69, 9.17) is 5.73 Å². The van der Waals surface area contributed by atoms with Crippen LogP contribution in [0.15, 0.2) is 0 Å². The van der Waals surface area contributed by atoms with Crippen molar-refractivity contribution in [3.8, 4) is 0 Å². The molecular weight excluding hydrogens is 152 g/mol. The molecule has 0 amide bonds. The minimum absolute atomic E-state index is 0.182. The number of likely N-dealkylation sites (tertiary alicyclic amines) is 1. The van der Waals surface area contributed by atoms with Crippen LogP contribution in [0.3, 0.4) is 0 Å². The van der Waals surface area contributed by atoms with Crippen LogP contribution in [0.1, 0.15) is 26.2 Å². The number of Topliss-reactive ketones (excluding diaryl/α,β-unsaturated/α-hetero) is 1. The van der Waals surface area contributed by atoms with E-state index in [0.717, 1.165) is 19.6 Å². The number of nitrogens with zero attached hydrogens (tertiary/aromatic N) is 1. The number of carbonyl (C=O) groups is 1. The zero-order valence-corrected chi connectivity index (χ0v) is 7.75. The molecule has 1 aliphatic heterocycles. The molecule has 1 aliphatic rings. The lowest BCUT2D eigenvalue weighted by Gasteiger charge is -2.14. The van der Waals surface area contributed by atoms with Gasteiger partial charge in [-0.15, -0.1) is 0 Å². The van der Waals surface area contributed by atoms with Crippen LogP contribution in [0.4, 0.5) is 0 Å². The fourth-order valence-electron chi connectivity index (χ4n) is 1.50. The molecule has 70 valence electrons. The van der Waals surface area contributed by atoms with Crippen molar-refractivity contribution in [1.82, 2.24) is 4.90 Å². The summed E-state index contributed by atoms with van der Waals surface area (Å²) in [5, 5.41) is 0. The highest BCUT2D eigenvalue weighted by Gasteiger charge is 2.14. The van der Waals surface area contributed by atoms with Gasteiger partial charge in [-0.05, 0) is 32.9 Å². The minimum Gasteiger partial charge on any atom is -0.322 e. The number of hydrogen-bond acceptors (Lipinski definition) is 3. The third-order valence-corrected chi connectivity index (χ3v) is 2.38. The predicted molar refractivity (Wildman–Crippen MR) is 48.9 cm³/mol. The molecule has 1 saturated heterocycles. The van der Waals surface area contributed by atoms with E-state index in [1.54, 1.807) is 6.92 Å². The molecular formula is C9H18N2O. The Bertz CT molecular complexity index is 151. The molecule has 1 rings (SSSR count). The summed E-state index contributed by atoms with van der Waals surface area (Å²) in [6.07, 6.45) is 3.19. The first kappa shape index (κ1) is 9.68. The fraction of sp³-hybridized carbons (Fsp3) is 0.889. The predicted octanol–water partition coefficient (Wildman–Crippen LogP) is 0.389. The summed E-state index contributed by atoms with van der Waals surface area (Å²) in [6.45, 7) is 4.98. The van der Waals surface area contributed by atoms with Gasteiger partial charge in [-0.25, -0.2) is 0 Å². The van der Waals surface area contributed by atoms with E-state index in [-0.39, 0.29) is 11.8 Å². The van der Waals surface area contributed by atoms with E-state index in [0.29, 0.717) is 6.42 Å². The second-order valence-electron chi connectivity index (χ2n) is 3.55. The van der Waals surface area contributed by atoms with Crippen molar-refractivity contribution in [3.05, 3.63) is 0 Å². The molecule has 2 N–H and O–H groups in total. The van der Waals surface area contributed by atoms with Gasteiger partial charge in [0.2, 0.25) is 0 Å². The number of rotatable bonds is 4. The number of ketones is 1. The highest BCUT2D eigenvalue weighted by Crippen LogP contribution is 2.07. The summed E-state index contributed by atoms with van der Waals surface area (Å²) in [6, 6.07) is -0.285. The van der Waals surface area contributed by atoms with Gasteiger partial charge in [0.15, 0.2) is 5.78 Å². The van der Waals surface area contributed by atoms with Crippen molar-refractivity contribution in [2.75, 3.05) is 19.6 Å². The Morgan fingerprint density at radius 1 is 1.50 bits per heavy atom. The molecule has 0 saturated carbocycles. The second-order valence-corrected chi connectivity index (χ2v) is 3.55. The van der Waals surface area contributed by atoms with Gasteiger partial charge in [-0.2, -0.15) is 0 Å². The summed E-state index contributed by atoms with van der Waals surface area (Å²) in [7, 11) is 0. The van der Waals surface area contributed by atoms with Crippen LogP contribution in [-0.4, -0.2) is 36.4 Å². The number of carbonyl (C=O) groups excluding carboxylic acids is 1. The highest BCUT2D eigenvalue weighted by molar-refractivity contribution is 5.83. The first-order chi connectivity index (χ1) is 5.70. The molecule has 0 spiro atoms. The van der Waals surface area contributed by atoms with Crippen molar-refractivity contribution in [1.29, 1.82) is 0 Å². The van der Waals surface area contributed by atoms with Crippen molar-refractivity contribution in [3.63, 3.8) is 0 Å². The standard InChI is InChI=1S/C9H18N2O/c1-8(10)9(12)4-7-11-5-2-3-6-11/h8H,2-7,10H2,1H3. The lowest BCUT2D eigenvalue weighted by Crippen LogP contribution is -2.30. The second kappa shape index (κ2) is 4.58. The Kier molecular flexibility index (Phi) is 3.69. The summed E-state index contributed by atoms with van der Waals surface area (Å²) in [5.41, 5.74) is 5.45. The Morgan fingerprint density at radius 3 is 2.58 bits per heavy atom. The SMILES string of the molecule is CC(N)C(=O)CCN1CCCC1. The van der Waals surface area contributed by atoms with Gasteiger partial charge in [-0.3, -0.25) is 4.79 Å². The van der Waals surface area contributed by atoms with E-state index in [1.165, 1.54) is 12.8 Å². The maximum atomic E-state index is 11.1. The van der Waals surface area contributed by atoms with Crippen LogP contribution in [0.25, 0.3) is 0 Å². The largest absolute Gasteiger partial charge is 0.322 e. The molecule has 0 bridgehead atoms. The maximum Gasteiger partial charge on any atom is 0.150 e. The Balaban J connectivity index is 2.12. The molecule has 0 aromatic carbocycles. The van der Waals surface area contributed by atoms with Gasteiger partial charge in [0.1, 0.15) is 0 Å². The molecule has 1 atom stereocenters. The summed E-state index contributed by atoms with van der Waals surface area (Å²) < 4.78 is 0. The van der Waals surface area contributed by atoms with E-state index < -0.39 is 0 Å². The highest BCUT2D eigenvalue weighted by atomic mass is 16.1. The van der Waals surface area contributed by atoms with Gasteiger partial charge in [0, 0.05) is 13.0 Å². The number of nitrogens with two attached hydrogens (primary N) is 1. The van der Waals surface area contributed by atoms with Crippen LogP contribution >= 0.6 is 0 Å². The minimum atomic E-state index is -0.285. The van der Waals surface area contributed by atoms with E-state index >= 15 is 0 Å². The summed E-state index contributed by atoms with van der Waals surface area (Å²) in [4.78, 5) is 13.5. The van der Waals surface area contributed by atoms with Gasteiger partial charge >= 0.3 is 0 Å². The molecule has 3 heteroatoms. The van der Waals surface area contributed by atoms with Gasteiger partial charge in [0.05, 0.1) is 6.04 Å². The van der Waals surface area contributed by atoms with Gasteiger partial charge < -0.3 is 10.6 Å². The normalized spacial score (nSPS) is 21.2. The molecule has 0 aromatic heterocycles. The van der Waals surface area contributed by atoms with Crippen LogP contribution in [0, 0.1) is 0 Å². The Morgan fingerprint density at radius 2 is 2.08 bits per heavy atom. The maximum absolute atomic E-state index is 11.1. The van der Waals surface area contributed by atoms with Crippen molar-refractivity contribution < 1.29 is 4.79 Å².